The van der Waals surface area contributed by atoms with Crippen molar-refractivity contribution < 1.29 is 10.2 Å². The Morgan fingerprint density at radius 2 is 1.77 bits per heavy atom. The molecular formula is C10H22O2Si. The van der Waals surface area contributed by atoms with Crippen LogP contribution in [0, 0.1) is 0 Å². The highest BCUT2D eigenvalue weighted by Crippen LogP contribution is 2.12. The molecule has 0 saturated carbocycles. The highest BCUT2D eigenvalue weighted by molar-refractivity contribution is 6.76. The van der Waals surface area contributed by atoms with E-state index in [1.807, 2.05) is 6.08 Å². The first-order valence-corrected chi connectivity index (χ1v) is 8.46. The molecule has 0 aromatic carbocycles. The van der Waals surface area contributed by atoms with E-state index in [1.54, 1.807) is 6.92 Å². The molecule has 0 heterocycles. The fourth-order valence-corrected chi connectivity index (χ4v) is 1.71. The maximum absolute atomic E-state index is 9.46. The van der Waals surface area contributed by atoms with Crippen LogP contribution >= 0.6 is 0 Å². The summed E-state index contributed by atoms with van der Waals surface area (Å²) in [7, 11) is -0.995. The summed E-state index contributed by atoms with van der Waals surface area (Å²) in [6.07, 6.45) is 4.62. The molecule has 0 spiro atoms. The lowest BCUT2D eigenvalue weighted by Gasteiger charge is -2.18. The predicted molar refractivity (Wildman–Crippen MR) is 59.6 cm³/mol. The normalized spacial score (nSPS) is 17.7. The molecule has 13 heavy (non-hydrogen) atoms. The maximum Gasteiger partial charge on any atom is 0.0883 e. The Morgan fingerprint density at radius 3 is 2.15 bits per heavy atom. The van der Waals surface area contributed by atoms with Crippen molar-refractivity contribution in [1.29, 1.82) is 0 Å². The number of allylic oxidation sites excluding steroid dienone is 1. The molecule has 0 aromatic heterocycles. The second-order valence-electron chi connectivity index (χ2n) is 5.10. The topological polar surface area (TPSA) is 40.5 Å². The van der Waals surface area contributed by atoms with Gasteiger partial charge in [0.2, 0.25) is 0 Å². The summed E-state index contributed by atoms with van der Waals surface area (Å²) in [6.45, 7) is 8.39. The van der Waals surface area contributed by atoms with Crippen molar-refractivity contribution in [1.82, 2.24) is 0 Å². The molecule has 0 aliphatic heterocycles. The number of rotatable bonds is 5. The van der Waals surface area contributed by atoms with E-state index >= 15 is 0 Å². The zero-order chi connectivity index (χ0) is 10.5. The lowest BCUT2D eigenvalue weighted by Crippen LogP contribution is -2.27. The van der Waals surface area contributed by atoms with Gasteiger partial charge in [-0.05, 0) is 19.4 Å². The Morgan fingerprint density at radius 1 is 1.23 bits per heavy atom. The number of hydrogen-bond donors (Lipinski definition) is 2. The summed E-state index contributed by atoms with van der Waals surface area (Å²) >= 11 is 0. The van der Waals surface area contributed by atoms with Crippen molar-refractivity contribution in [2.45, 2.75) is 44.6 Å². The summed E-state index contributed by atoms with van der Waals surface area (Å²) in [5.41, 5.74) is -0.948. The molecule has 1 atom stereocenters. The third kappa shape index (κ3) is 8.21. The van der Waals surface area contributed by atoms with Crippen molar-refractivity contribution in [3.8, 4) is 0 Å². The van der Waals surface area contributed by atoms with Crippen molar-refractivity contribution >= 4 is 8.07 Å². The van der Waals surface area contributed by atoms with Crippen LogP contribution in [0.4, 0.5) is 0 Å². The van der Waals surface area contributed by atoms with E-state index in [0.29, 0.717) is 6.42 Å². The van der Waals surface area contributed by atoms with E-state index in [9.17, 15) is 5.11 Å². The van der Waals surface area contributed by atoms with Crippen LogP contribution in [-0.4, -0.2) is 30.5 Å². The zero-order valence-corrected chi connectivity index (χ0v) is 10.2. The number of hydrogen-bond acceptors (Lipinski definition) is 2. The molecule has 0 amide bonds. The average molecular weight is 202 g/mol. The van der Waals surface area contributed by atoms with Crippen LogP contribution in [-0.2, 0) is 0 Å². The molecule has 0 fully saturated rings. The van der Waals surface area contributed by atoms with Gasteiger partial charge in [-0.2, -0.15) is 0 Å². The first kappa shape index (κ1) is 12.9. The first-order chi connectivity index (χ1) is 5.77. The fourth-order valence-electron chi connectivity index (χ4n) is 0.839. The molecule has 0 aliphatic carbocycles. The largest absolute Gasteiger partial charge is 0.393 e. The molecule has 78 valence electrons. The van der Waals surface area contributed by atoms with Gasteiger partial charge in [-0.3, -0.25) is 0 Å². The Kier molecular flexibility index (Phi) is 4.89. The first-order valence-electron chi connectivity index (χ1n) is 4.75. The highest BCUT2D eigenvalue weighted by Gasteiger charge is 2.16. The molecule has 0 rings (SSSR count). The Balaban J connectivity index is 3.77. The monoisotopic (exact) mass is 202 g/mol. The van der Waals surface area contributed by atoms with Gasteiger partial charge in [-0.15, -0.1) is 0 Å². The highest BCUT2D eigenvalue weighted by atomic mass is 28.3. The molecule has 0 radical (unpaired) electrons. The smallest absolute Gasteiger partial charge is 0.0883 e. The number of aliphatic hydroxyl groups excluding tert-OH is 1. The van der Waals surface area contributed by atoms with E-state index in [2.05, 4.69) is 25.7 Å². The van der Waals surface area contributed by atoms with Crippen LogP contribution in [0.15, 0.2) is 12.2 Å². The second-order valence-corrected chi connectivity index (χ2v) is 10.6. The van der Waals surface area contributed by atoms with Crippen molar-refractivity contribution in [2.75, 3.05) is 6.61 Å². The zero-order valence-electron chi connectivity index (χ0n) is 9.17. The van der Waals surface area contributed by atoms with Gasteiger partial charge in [0.15, 0.2) is 0 Å². The third-order valence-corrected chi connectivity index (χ3v) is 3.26. The molecule has 0 bridgehead atoms. The average Bonchev–Trinajstić information content (AvgIpc) is 1.97. The van der Waals surface area contributed by atoms with Gasteiger partial charge >= 0.3 is 0 Å². The predicted octanol–water partition coefficient (Wildman–Crippen LogP) is 2.01. The molecule has 1 unspecified atom stereocenters. The molecule has 0 saturated heterocycles. The van der Waals surface area contributed by atoms with Gasteiger partial charge in [0, 0.05) is 8.07 Å². The molecular weight excluding hydrogens is 180 g/mol. The summed E-state index contributed by atoms with van der Waals surface area (Å²) in [5.74, 6) is 0. The minimum atomic E-state index is -0.995. The lowest BCUT2D eigenvalue weighted by atomic mass is 10.0. The van der Waals surface area contributed by atoms with Crippen LogP contribution in [0.25, 0.3) is 0 Å². The minimum absolute atomic E-state index is 0.176. The van der Waals surface area contributed by atoms with Crippen LogP contribution in [0.3, 0.4) is 0 Å². The van der Waals surface area contributed by atoms with Gasteiger partial charge in [0.1, 0.15) is 0 Å². The number of aliphatic hydroxyl groups is 2. The quantitative estimate of drug-likeness (QED) is 0.529. The van der Waals surface area contributed by atoms with Gasteiger partial charge in [-0.1, -0.05) is 31.8 Å². The van der Waals surface area contributed by atoms with Gasteiger partial charge < -0.3 is 10.2 Å². The Bertz CT molecular complexity index is 168. The Hall–Kier alpha value is -0.123. The van der Waals surface area contributed by atoms with Crippen LogP contribution in [0.5, 0.6) is 0 Å². The van der Waals surface area contributed by atoms with Crippen molar-refractivity contribution in [3.63, 3.8) is 0 Å². The lowest BCUT2D eigenvalue weighted by molar-refractivity contribution is 0.00450. The molecule has 0 aromatic rings. The van der Waals surface area contributed by atoms with Crippen molar-refractivity contribution in [2.24, 2.45) is 0 Å². The minimum Gasteiger partial charge on any atom is -0.393 e. The van der Waals surface area contributed by atoms with Crippen LogP contribution < -0.4 is 0 Å². The molecule has 3 heteroatoms. The second kappa shape index (κ2) is 4.93. The van der Waals surface area contributed by atoms with E-state index < -0.39 is 13.7 Å². The molecule has 2 nitrogen and oxygen atoms in total. The van der Waals surface area contributed by atoms with E-state index in [0.717, 1.165) is 6.04 Å². The van der Waals surface area contributed by atoms with Gasteiger partial charge in [0.05, 0.1) is 12.2 Å². The summed E-state index contributed by atoms with van der Waals surface area (Å²) < 4.78 is 0. The fraction of sp³-hybridized carbons (Fsp3) is 0.800. The molecule has 0 aliphatic rings. The van der Waals surface area contributed by atoms with Crippen molar-refractivity contribution in [3.05, 3.63) is 12.2 Å². The standard InChI is InChI=1S/C10H22O2Si/c1-10(12,9-11)7-5-6-8-13(2,3)4/h5-6,11-12H,7-9H2,1-4H3/b6-5+. The summed E-state index contributed by atoms with van der Waals surface area (Å²) in [4.78, 5) is 0. The van der Waals surface area contributed by atoms with Gasteiger partial charge in [0.25, 0.3) is 0 Å². The summed E-state index contributed by atoms with van der Waals surface area (Å²) in [5, 5.41) is 18.2. The van der Waals surface area contributed by atoms with E-state index in [4.69, 9.17) is 5.11 Å². The summed E-state index contributed by atoms with van der Waals surface area (Å²) in [6, 6.07) is 1.13. The molecule has 2 N–H and O–H groups in total. The van der Waals surface area contributed by atoms with Crippen LogP contribution in [0.2, 0.25) is 25.7 Å². The van der Waals surface area contributed by atoms with Crippen LogP contribution in [0.1, 0.15) is 13.3 Å². The van der Waals surface area contributed by atoms with E-state index in [1.165, 1.54) is 0 Å². The SMILES string of the molecule is CC(O)(CO)C/C=C/C[Si](C)(C)C. The Labute approximate surface area is 82.3 Å². The maximum atomic E-state index is 9.46. The van der Waals surface area contributed by atoms with E-state index in [-0.39, 0.29) is 6.61 Å². The third-order valence-electron chi connectivity index (χ3n) is 1.80. The van der Waals surface area contributed by atoms with Gasteiger partial charge in [-0.25, -0.2) is 0 Å².